The van der Waals surface area contributed by atoms with E-state index in [2.05, 4.69) is 12.1 Å². The Labute approximate surface area is 156 Å². The maximum atomic E-state index is 10.4. The van der Waals surface area contributed by atoms with Gasteiger partial charge in [-0.3, -0.25) is 0 Å². The Balaban J connectivity index is 1.78. The van der Waals surface area contributed by atoms with Crippen LogP contribution in [0.4, 0.5) is 0 Å². The second kappa shape index (κ2) is 7.02. The molecule has 2 heterocycles. The average molecular weight is 374 g/mol. The number of benzene rings is 2. The fourth-order valence-corrected chi connectivity index (χ4v) is 3.67. The van der Waals surface area contributed by atoms with Gasteiger partial charge in [0.15, 0.2) is 6.23 Å². The van der Waals surface area contributed by atoms with Gasteiger partial charge in [0.2, 0.25) is 0 Å². The lowest BCUT2D eigenvalue weighted by Crippen LogP contribution is -2.50. The van der Waals surface area contributed by atoms with E-state index < -0.39 is 24.5 Å². The average Bonchev–Trinajstić information content (AvgIpc) is 2.98. The number of aliphatic hydroxyl groups is 3. The highest BCUT2D eigenvalue weighted by Crippen LogP contribution is 2.33. The van der Waals surface area contributed by atoms with Gasteiger partial charge < -0.3 is 24.6 Å². The molecule has 2 aromatic carbocycles. The lowest BCUT2D eigenvalue weighted by atomic mass is 10.0. The SMILES string of the molecule is O[C@@H]1[C@@H](O)[C@H](n2cc(Cc3ccccc3)c3ccc(Cl)cc32)OC[C@H]1O. The Morgan fingerprint density at radius 2 is 1.81 bits per heavy atom. The van der Waals surface area contributed by atoms with Gasteiger partial charge in [-0.15, -0.1) is 0 Å². The van der Waals surface area contributed by atoms with E-state index in [1.54, 1.807) is 4.57 Å². The van der Waals surface area contributed by atoms with Crippen LogP contribution in [0.5, 0.6) is 0 Å². The van der Waals surface area contributed by atoms with Gasteiger partial charge in [0.05, 0.1) is 12.1 Å². The Kier molecular flexibility index (Phi) is 4.73. The number of halogens is 1. The second-order valence-electron chi connectivity index (χ2n) is 6.66. The van der Waals surface area contributed by atoms with Crippen molar-refractivity contribution in [1.29, 1.82) is 0 Å². The Morgan fingerprint density at radius 1 is 1.04 bits per heavy atom. The quantitative estimate of drug-likeness (QED) is 0.659. The molecule has 0 bridgehead atoms. The molecular formula is C20H20ClNO4. The summed E-state index contributed by atoms with van der Waals surface area (Å²) in [5, 5.41) is 31.7. The van der Waals surface area contributed by atoms with Crippen LogP contribution in [-0.2, 0) is 11.2 Å². The monoisotopic (exact) mass is 373 g/mol. The molecule has 3 aromatic rings. The van der Waals surface area contributed by atoms with E-state index in [4.69, 9.17) is 16.3 Å². The Hall–Kier alpha value is -1.89. The molecule has 0 radical (unpaired) electrons. The fourth-order valence-electron chi connectivity index (χ4n) is 3.50. The van der Waals surface area contributed by atoms with E-state index >= 15 is 0 Å². The predicted molar refractivity (Wildman–Crippen MR) is 99.2 cm³/mol. The van der Waals surface area contributed by atoms with Gasteiger partial charge in [-0.1, -0.05) is 48.0 Å². The summed E-state index contributed by atoms with van der Waals surface area (Å²) in [5.74, 6) is 0. The molecule has 4 atom stereocenters. The first kappa shape index (κ1) is 17.5. The minimum absolute atomic E-state index is 0.0445. The van der Waals surface area contributed by atoms with E-state index in [9.17, 15) is 15.3 Å². The minimum atomic E-state index is -1.26. The zero-order chi connectivity index (χ0) is 18.3. The molecule has 1 aromatic heterocycles. The van der Waals surface area contributed by atoms with E-state index in [0.29, 0.717) is 5.02 Å². The van der Waals surface area contributed by atoms with Crippen molar-refractivity contribution in [3.63, 3.8) is 0 Å². The maximum Gasteiger partial charge on any atom is 0.162 e. The van der Waals surface area contributed by atoms with Crippen molar-refractivity contribution < 1.29 is 20.1 Å². The van der Waals surface area contributed by atoms with Crippen LogP contribution in [0.15, 0.2) is 54.7 Å². The smallest absolute Gasteiger partial charge is 0.162 e. The summed E-state index contributed by atoms with van der Waals surface area (Å²) < 4.78 is 7.42. The van der Waals surface area contributed by atoms with Gasteiger partial charge in [0, 0.05) is 16.6 Å². The van der Waals surface area contributed by atoms with Gasteiger partial charge in [-0.05, 0) is 29.7 Å². The van der Waals surface area contributed by atoms with Crippen molar-refractivity contribution in [2.24, 2.45) is 0 Å². The van der Waals surface area contributed by atoms with Gasteiger partial charge in [0.1, 0.15) is 18.3 Å². The molecule has 136 valence electrons. The van der Waals surface area contributed by atoms with Crippen molar-refractivity contribution in [1.82, 2.24) is 4.57 Å². The summed E-state index contributed by atoms with van der Waals surface area (Å²) >= 11 is 6.18. The molecule has 6 heteroatoms. The van der Waals surface area contributed by atoms with E-state index in [0.717, 1.165) is 22.9 Å². The molecule has 5 nitrogen and oxygen atoms in total. The van der Waals surface area contributed by atoms with E-state index in [1.807, 2.05) is 42.6 Å². The Morgan fingerprint density at radius 3 is 2.58 bits per heavy atom. The third kappa shape index (κ3) is 3.13. The molecule has 1 aliphatic rings. The standard InChI is InChI=1S/C20H20ClNO4/c21-14-6-7-15-13(8-12-4-2-1-3-5-12)10-22(16(15)9-14)20-19(25)18(24)17(23)11-26-20/h1-7,9-10,17-20,23-25H,8,11H2/t17-,18+,19-,20-/m1/s1. The predicted octanol–water partition coefficient (Wildman–Crippen LogP) is 2.50. The largest absolute Gasteiger partial charge is 0.388 e. The molecule has 0 spiro atoms. The summed E-state index contributed by atoms with van der Waals surface area (Å²) in [4.78, 5) is 0. The molecule has 4 rings (SSSR count). The zero-order valence-corrected chi connectivity index (χ0v) is 14.8. The van der Waals surface area contributed by atoms with Crippen molar-refractivity contribution in [3.8, 4) is 0 Å². The van der Waals surface area contributed by atoms with Crippen LogP contribution in [0.2, 0.25) is 5.02 Å². The van der Waals surface area contributed by atoms with Gasteiger partial charge in [0.25, 0.3) is 0 Å². The molecule has 1 fully saturated rings. The number of aromatic nitrogens is 1. The van der Waals surface area contributed by atoms with Crippen LogP contribution in [0.3, 0.4) is 0 Å². The van der Waals surface area contributed by atoms with Crippen molar-refractivity contribution in [3.05, 3.63) is 70.9 Å². The first-order valence-electron chi connectivity index (χ1n) is 8.53. The lowest BCUT2D eigenvalue weighted by molar-refractivity contribution is -0.209. The number of nitrogens with zero attached hydrogens (tertiary/aromatic N) is 1. The summed E-state index contributed by atoms with van der Waals surface area (Å²) in [5.41, 5.74) is 3.05. The van der Waals surface area contributed by atoms with Gasteiger partial charge in [-0.2, -0.15) is 0 Å². The highest BCUT2D eigenvalue weighted by molar-refractivity contribution is 6.31. The van der Waals surface area contributed by atoms with Crippen molar-refractivity contribution >= 4 is 22.5 Å². The molecule has 26 heavy (non-hydrogen) atoms. The maximum absolute atomic E-state index is 10.4. The number of fused-ring (bicyclic) bond motifs is 1. The minimum Gasteiger partial charge on any atom is -0.388 e. The molecule has 0 unspecified atom stereocenters. The van der Waals surface area contributed by atoms with Crippen LogP contribution in [0, 0.1) is 0 Å². The molecule has 0 saturated carbocycles. The second-order valence-corrected chi connectivity index (χ2v) is 7.09. The van der Waals surface area contributed by atoms with Crippen molar-refractivity contribution in [2.45, 2.75) is 31.0 Å². The lowest BCUT2D eigenvalue weighted by Gasteiger charge is -2.36. The van der Waals surface area contributed by atoms with E-state index in [-0.39, 0.29) is 6.61 Å². The molecule has 1 saturated heterocycles. The fraction of sp³-hybridized carbons (Fsp3) is 0.300. The summed E-state index contributed by atoms with van der Waals surface area (Å²) in [6, 6.07) is 15.7. The Bertz CT molecular complexity index is 911. The van der Waals surface area contributed by atoms with Crippen molar-refractivity contribution in [2.75, 3.05) is 6.61 Å². The molecule has 0 amide bonds. The van der Waals surface area contributed by atoms with Crippen LogP contribution in [0.1, 0.15) is 17.4 Å². The number of rotatable bonds is 3. The molecule has 1 aliphatic heterocycles. The van der Waals surface area contributed by atoms with Gasteiger partial charge in [-0.25, -0.2) is 0 Å². The third-order valence-corrected chi connectivity index (χ3v) is 5.10. The first-order chi connectivity index (χ1) is 12.5. The van der Waals surface area contributed by atoms with Crippen LogP contribution < -0.4 is 0 Å². The number of hydrogen-bond donors (Lipinski definition) is 3. The normalized spacial score (nSPS) is 26.3. The number of hydrogen-bond acceptors (Lipinski definition) is 4. The molecule has 3 N–H and O–H groups in total. The number of ether oxygens (including phenoxy) is 1. The van der Waals surface area contributed by atoms with Crippen LogP contribution in [0.25, 0.3) is 10.9 Å². The number of aliphatic hydroxyl groups excluding tert-OH is 3. The summed E-state index contributed by atoms with van der Waals surface area (Å²) in [6.45, 7) is -0.0445. The molecular weight excluding hydrogens is 354 g/mol. The highest BCUT2D eigenvalue weighted by Gasteiger charge is 2.39. The third-order valence-electron chi connectivity index (χ3n) is 4.86. The van der Waals surface area contributed by atoms with Gasteiger partial charge >= 0.3 is 0 Å². The zero-order valence-electron chi connectivity index (χ0n) is 14.0. The van der Waals surface area contributed by atoms with E-state index in [1.165, 1.54) is 5.56 Å². The topological polar surface area (TPSA) is 74.9 Å². The first-order valence-corrected chi connectivity index (χ1v) is 8.91. The van der Waals surface area contributed by atoms with Crippen LogP contribution >= 0.6 is 11.6 Å². The van der Waals surface area contributed by atoms with Crippen LogP contribution in [-0.4, -0.2) is 44.8 Å². The summed E-state index contributed by atoms with van der Waals surface area (Å²) in [7, 11) is 0. The molecule has 0 aliphatic carbocycles. The summed E-state index contributed by atoms with van der Waals surface area (Å²) in [6.07, 6.45) is -1.75. The highest BCUT2D eigenvalue weighted by atomic mass is 35.5.